The first-order chi connectivity index (χ1) is 16.5. The molecule has 3 heterocycles. The van der Waals surface area contributed by atoms with Gasteiger partial charge in [0.25, 0.3) is 5.91 Å². The van der Waals surface area contributed by atoms with Crippen LogP contribution in [0.4, 0.5) is 23.4 Å². The largest absolute Gasteiger partial charge is 0.453 e. The summed E-state index contributed by atoms with van der Waals surface area (Å²) in [6.45, 7) is 1.70. The molecule has 0 aliphatic heterocycles. The second-order valence-corrected chi connectivity index (χ2v) is 7.67. The fourth-order valence-electron chi connectivity index (χ4n) is 3.24. The summed E-state index contributed by atoms with van der Waals surface area (Å²) in [4.78, 5) is 19.8. The van der Waals surface area contributed by atoms with Gasteiger partial charge in [0.15, 0.2) is 28.8 Å². The van der Waals surface area contributed by atoms with Gasteiger partial charge in [0, 0.05) is 24.0 Å². The monoisotopic (exact) mass is 506 g/mol. The number of halogens is 5. The van der Waals surface area contributed by atoms with Crippen LogP contribution >= 0.6 is 11.6 Å². The van der Waals surface area contributed by atoms with Gasteiger partial charge in [-0.2, -0.15) is 18.3 Å². The van der Waals surface area contributed by atoms with E-state index in [9.17, 15) is 22.4 Å². The number of carbonyl (C=O) groups is 1. The first-order valence-corrected chi connectivity index (χ1v) is 10.2. The summed E-state index contributed by atoms with van der Waals surface area (Å²) in [5.41, 5.74) is 8.59. The summed E-state index contributed by atoms with van der Waals surface area (Å²) in [5.74, 6) is -2.91. The van der Waals surface area contributed by atoms with Crippen LogP contribution in [-0.2, 0) is 6.18 Å². The van der Waals surface area contributed by atoms with Crippen LogP contribution in [0.1, 0.15) is 21.6 Å². The number of aromatic nitrogens is 4. The molecule has 0 unspecified atom stereocenters. The van der Waals surface area contributed by atoms with E-state index in [0.29, 0.717) is 10.2 Å². The minimum Gasteiger partial charge on any atom is -0.453 e. The quantitative estimate of drug-likeness (QED) is 0.370. The molecule has 0 bridgehead atoms. The lowest BCUT2D eigenvalue weighted by Crippen LogP contribution is -2.21. The molecule has 4 aromatic rings. The van der Waals surface area contributed by atoms with Gasteiger partial charge in [-0.3, -0.25) is 4.79 Å². The molecule has 1 amide bonds. The van der Waals surface area contributed by atoms with E-state index in [4.69, 9.17) is 27.8 Å². The Morgan fingerprint density at radius 3 is 2.46 bits per heavy atom. The number of hydrogen-bond donors (Lipinski definition) is 2. The van der Waals surface area contributed by atoms with Crippen molar-refractivity contribution in [2.45, 2.75) is 13.1 Å². The smallest absolute Gasteiger partial charge is 0.434 e. The van der Waals surface area contributed by atoms with E-state index in [0.717, 1.165) is 12.1 Å². The summed E-state index contributed by atoms with van der Waals surface area (Å²) in [6, 6.07) is 7.39. The number of pyridine rings is 2. The molecule has 180 valence electrons. The Balaban J connectivity index is 1.85. The molecule has 0 aliphatic carbocycles. The van der Waals surface area contributed by atoms with E-state index < -0.39 is 34.9 Å². The predicted octanol–water partition coefficient (Wildman–Crippen LogP) is 4.92. The molecule has 35 heavy (non-hydrogen) atoms. The molecule has 8 nitrogen and oxygen atoms in total. The number of nitrogens with zero attached hydrogens (tertiary/aromatic N) is 4. The molecule has 0 atom stereocenters. The minimum atomic E-state index is -5.03. The third kappa shape index (κ3) is 4.60. The number of hydrogen-bond acceptors (Lipinski definition) is 6. The van der Waals surface area contributed by atoms with Crippen molar-refractivity contribution < 1.29 is 27.1 Å². The number of benzene rings is 1. The lowest BCUT2D eigenvalue weighted by atomic mass is 10.0. The number of alkyl halides is 3. The summed E-state index contributed by atoms with van der Waals surface area (Å²) < 4.78 is 62.8. The van der Waals surface area contributed by atoms with Crippen LogP contribution in [-0.4, -0.2) is 25.7 Å². The van der Waals surface area contributed by atoms with Gasteiger partial charge in [0.1, 0.15) is 16.5 Å². The van der Waals surface area contributed by atoms with Crippen molar-refractivity contribution in [3.63, 3.8) is 0 Å². The van der Waals surface area contributed by atoms with Crippen molar-refractivity contribution in [2.75, 3.05) is 5.73 Å². The summed E-state index contributed by atoms with van der Waals surface area (Å²) in [5, 5.41) is 3.88. The first-order valence-electron chi connectivity index (χ1n) is 9.78. The third-order valence-electron chi connectivity index (χ3n) is 4.82. The lowest BCUT2D eigenvalue weighted by molar-refractivity contribution is -0.143. The Morgan fingerprint density at radius 1 is 1.11 bits per heavy atom. The Morgan fingerprint density at radius 2 is 1.86 bits per heavy atom. The molecule has 0 radical (unpaired) electrons. The number of nitrogens with two attached hydrogens (primary N) is 2. The van der Waals surface area contributed by atoms with Crippen LogP contribution in [0, 0.1) is 12.7 Å². The van der Waals surface area contributed by atoms with Crippen LogP contribution in [0.25, 0.3) is 17.1 Å². The van der Waals surface area contributed by atoms with E-state index in [-0.39, 0.29) is 33.7 Å². The zero-order valence-corrected chi connectivity index (χ0v) is 18.5. The van der Waals surface area contributed by atoms with Crippen LogP contribution in [0.5, 0.6) is 11.5 Å². The van der Waals surface area contributed by atoms with Crippen molar-refractivity contribution in [2.24, 2.45) is 5.73 Å². The second kappa shape index (κ2) is 8.87. The van der Waals surface area contributed by atoms with Gasteiger partial charge in [-0.1, -0.05) is 17.7 Å². The molecule has 0 saturated carbocycles. The highest BCUT2D eigenvalue weighted by atomic mass is 35.5. The average molecular weight is 507 g/mol. The molecular weight excluding hydrogens is 492 g/mol. The first kappa shape index (κ1) is 24.0. The SMILES string of the molecule is Cc1ccc(-n2nc(-c3ccc(Oc4ccnc(N)c4Cl)c(F)c3)c(C(N)=O)c2C(F)(F)F)nc1. The van der Waals surface area contributed by atoms with Gasteiger partial charge in [0.2, 0.25) is 0 Å². The predicted molar refractivity (Wildman–Crippen MR) is 119 cm³/mol. The number of amides is 1. The fraction of sp³-hybridized carbons (Fsp3) is 0.0909. The van der Waals surface area contributed by atoms with Crippen LogP contribution < -0.4 is 16.2 Å². The van der Waals surface area contributed by atoms with Crippen molar-refractivity contribution in [3.8, 4) is 28.6 Å². The van der Waals surface area contributed by atoms with E-state index in [1.54, 1.807) is 6.92 Å². The molecule has 0 spiro atoms. The number of carbonyl (C=O) groups excluding carboxylic acids is 1. The number of rotatable bonds is 5. The number of aryl methyl sites for hydroxylation is 1. The number of ether oxygens (including phenoxy) is 1. The standard InChI is InChI=1S/C22H15ClF4N6O2/c1-10-2-5-15(31-9-10)33-19(22(25,26)27)16(21(29)34)18(32-33)11-3-4-13(12(24)8-11)35-14-6-7-30-20(28)17(14)23/h2-9H,1H3,(H2,28,30)(H2,29,34). The van der Waals surface area contributed by atoms with Gasteiger partial charge in [-0.15, -0.1) is 0 Å². The molecule has 13 heteroatoms. The molecule has 1 aromatic carbocycles. The topological polar surface area (TPSA) is 122 Å². The maximum atomic E-state index is 14.9. The molecule has 0 fully saturated rings. The summed E-state index contributed by atoms with van der Waals surface area (Å²) in [7, 11) is 0. The van der Waals surface area contributed by atoms with Crippen molar-refractivity contribution >= 4 is 23.3 Å². The van der Waals surface area contributed by atoms with Gasteiger partial charge in [-0.05, 0) is 36.8 Å². The molecule has 4 N–H and O–H groups in total. The number of primary amides is 1. The zero-order chi connectivity index (χ0) is 25.5. The van der Waals surface area contributed by atoms with Gasteiger partial charge < -0.3 is 16.2 Å². The minimum absolute atomic E-state index is 0.0118. The zero-order valence-electron chi connectivity index (χ0n) is 17.8. The van der Waals surface area contributed by atoms with Crippen molar-refractivity contribution in [1.82, 2.24) is 19.7 Å². The fourth-order valence-corrected chi connectivity index (χ4v) is 3.39. The summed E-state index contributed by atoms with van der Waals surface area (Å²) in [6.07, 6.45) is -2.39. The molecule has 0 saturated heterocycles. The number of nitrogen functional groups attached to an aromatic ring is 1. The molecule has 4 rings (SSSR count). The Kier molecular flexibility index (Phi) is 6.07. The van der Waals surface area contributed by atoms with Crippen LogP contribution in [0.3, 0.4) is 0 Å². The Bertz CT molecular complexity index is 1440. The van der Waals surface area contributed by atoms with E-state index in [1.165, 1.54) is 36.7 Å². The molecular formula is C22H15ClF4N6O2. The number of anilines is 1. The van der Waals surface area contributed by atoms with Gasteiger partial charge >= 0.3 is 6.18 Å². The highest BCUT2D eigenvalue weighted by Crippen LogP contribution is 2.39. The molecule has 3 aromatic heterocycles. The maximum absolute atomic E-state index is 14.9. The van der Waals surface area contributed by atoms with Gasteiger partial charge in [0.05, 0.1) is 5.56 Å². The lowest BCUT2D eigenvalue weighted by Gasteiger charge is -2.11. The Labute approximate surface area is 200 Å². The summed E-state index contributed by atoms with van der Waals surface area (Å²) >= 11 is 6.00. The normalized spacial score (nSPS) is 11.5. The van der Waals surface area contributed by atoms with Gasteiger partial charge in [-0.25, -0.2) is 19.0 Å². The highest BCUT2D eigenvalue weighted by molar-refractivity contribution is 6.34. The van der Waals surface area contributed by atoms with Crippen LogP contribution in [0.15, 0.2) is 48.8 Å². The van der Waals surface area contributed by atoms with Crippen molar-refractivity contribution in [3.05, 3.63) is 76.5 Å². The maximum Gasteiger partial charge on any atom is 0.434 e. The average Bonchev–Trinajstić information content (AvgIpc) is 3.20. The highest BCUT2D eigenvalue weighted by Gasteiger charge is 2.42. The third-order valence-corrected chi connectivity index (χ3v) is 5.20. The van der Waals surface area contributed by atoms with Crippen molar-refractivity contribution in [1.29, 1.82) is 0 Å². The molecule has 0 aliphatic rings. The van der Waals surface area contributed by atoms with E-state index in [1.807, 2.05) is 0 Å². The van der Waals surface area contributed by atoms with E-state index >= 15 is 0 Å². The van der Waals surface area contributed by atoms with E-state index in [2.05, 4.69) is 15.1 Å². The Hall–Kier alpha value is -4.19. The van der Waals surface area contributed by atoms with Crippen LogP contribution in [0.2, 0.25) is 5.02 Å². The second-order valence-electron chi connectivity index (χ2n) is 7.30.